The molecule has 3 heteroatoms. The van der Waals surface area contributed by atoms with Gasteiger partial charge in [0.1, 0.15) is 0 Å². The first kappa shape index (κ1) is 16.0. The normalized spacial score (nSPS) is 13.0. The highest BCUT2D eigenvalue weighted by molar-refractivity contribution is 5.28. The summed E-state index contributed by atoms with van der Waals surface area (Å²) in [7, 11) is 0. The minimum Gasteiger partial charge on any atom is -0.166 e. The average molecular weight is 246 g/mol. The summed E-state index contributed by atoms with van der Waals surface area (Å²) in [5.74, 6) is 0.487. The first-order valence-electron chi connectivity index (χ1n) is 5.99. The average Bonchev–Trinajstić information content (AvgIpc) is 2.29. The Morgan fingerprint density at radius 2 is 1.53 bits per heavy atom. The van der Waals surface area contributed by atoms with Crippen molar-refractivity contribution in [2.45, 2.75) is 46.7 Å². The highest BCUT2D eigenvalue weighted by atomic mass is 19.4. The van der Waals surface area contributed by atoms with Crippen LogP contribution in [0, 0.1) is 5.92 Å². The van der Waals surface area contributed by atoms with Gasteiger partial charge >= 0.3 is 6.18 Å². The van der Waals surface area contributed by atoms with E-state index in [1.54, 1.807) is 6.07 Å². The molecule has 0 saturated carbocycles. The molecule has 1 unspecified atom stereocenters. The van der Waals surface area contributed by atoms with Crippen molar-refractivity contribution in [3.8, 4) is 0 Å². The Bertz CT molecular complexity index is 326. The topological polar surface area (TPSA) is 0 Å². The SMILES string of the molecule is CC.CC(C)C(C)c1cccc(C(F)(F)F)c1. The monoisotopic (exact) mass is 246 g/mol. The molecule has 0 saturated heterocycles. The van der Waals surface area contributed by atoms with Crippen LogP contribution >= 0.6 is 0 Å². The van der Waals surface area contributed by atoms with Crippen LogP contribution < -0.4 is 0 Å². The minimum absolute atomic E-state index is 0.146. The fourth-order valence-corrected chi connectivity index (χ4v) is 1.38. The van der Waals surface area contributed by atoms with Gasteiger partial charge < -0.3 is 0 Å². The fraction of sp³-hybridized carbons (Fsp3) is 0.571. The Morgan fingerprint density at radius 3 is 1.94 bits per heavy atom. The second-order valence-electron chi connectivity index (χ2n) is 4.16. The van der Waals surface area contributed by atoms with Crippen LogP contribution in [0.1, 0.15) is 51.7 Å². The molecule has 1 atom stereocenters. The van der Waals surface area contributed by atoms with Crippen molar-refractivity contribution in [3.63, 3.8) is 0 Å². The first-order chi connectivity index (χ1) is 7.82. The van der Waals surface area contributed by atoms with Crippen molar-refractivity contribution in [1.29, 1.82) is 0 Å². The quantitative estimate of drug-likeness (QED) is 0.647. The van der Waals surface area contributed by atoms with Crippen LogP contribution in [0.3, 0.4) is 0 Å². The van der Waals surface area contributed by atoms with Gasteiger partial charge in [-0.25, -0.2) is 0 Å². The smallest absolute Gasteiger partial charge is 0.166 e. The Balaban J connectivity index is 0.00000121. The van der Waals surface area contributed by atoms with E-state index in [2.05, 4.69) is 0 Å². The predicted octanol–water partition coefficient (Wildman–Crippen LogP) is 5.49. The molecule has 98 valence electrons. The van der Waals surface area contributed by atoms with Gasteiger partial charge in [0, 0.05) is 0 Å². The third-order valence-electron chi connectivity index (χ3n) is 2.74. The number of hydrogen-bond donors (Lipinski definition) is 0. The molecular weight excluding hydrogens is 225 g/mol. The van der Waals surface area contributed by atoms with Crippen molar-refractivity contribution in [1.82, 2.24) is 0 Å². The second-order valence-corrected chi connectivity index (χ2v) is 4.16. The summed E-state index contributed by atoms with van der Waals surface area (Å²) >= 11 is 0. The summed E-state index contributed by atoms with van der Waals surface area (Å²) in [4.78, 5) is 0. The molecule has 1 aromatic rings. The lowest BCUT2D eigenvalue weighted by atomic mass is 9.89. The zero-order valence-electron chi connectivity index (χ0n) is 11.1. The minimum atomic E-state index is -4.24. The van der Waals surface area contributed by atoms with Gasteiger partial charge in [0.05, 0.1) is 5.56 Å². The van der Waals surface area contributed by atoms with E-state index in [0.29, 0.717) is 5.92 Å². The molecule has 0 spiro atoms. The molecular formula is C14H21F3. The Kier molecular flexibility index (Phi) is 6.29. The molecule has 0 heterocycles. The molecule has 1 rings (SSSR count). The molecule has 0 bridgehead atoms. The van der Waals surface area contributed by atoms with E-state index in [1.807, 2.05) is 34.6 Å². The van der Waals surface area contributed by atoms with E-state index in [4.69, 9.17) is 0 Å². The molecule has 0 nitrogen and oxygen atoms in total. The van der Waals surface area contributed by atoms with Gasteiger partial charge in [-0.15, -0.1) is 0 Å². The zero-order valence-corrected chi connectivity index (χ0v) is 11.1. The number of benzene rings is 1. The van der Waals surface area contributed by atoms with Crippen molar-refractivity contribution >= 4 is 0 Å². The van der Waals surface area contributed by atoms with Crippen LogP contribution in [0.2, 0.25) is 0 Å². The molecule has 0 aliphatic heterocycles. The number of alkyl halides is 3. The van der Waals surface area contributed by atoms with Gasteiger partial charge in [-0.3, -0.25) is 0 Å². The van der Waals surface area contributed by atoms with Gasteiger partial charge in [-0.2, -0.15) is 13.2 Å². The van der Waals surface area contributed by atoms with Crippen LogP contribution in [0.25, 0.3) is 0 Å². The fourth-order valence-electron chi connectivity index (χ4n) is 1.38. The molecule has 0 N–H and O–H groups in total. The first-order valence-corrected chi connectivity index (χ1v) is 5.99. The van der Waals surface area contributed by atoms with Gasteiger partial charge in [0.2, 0.25) is 0 Å². The van der Waals surface area contributed by atoms with E-state index in [9.17, 15) is 13.2 Å². The molecule has 1 aromatic carbocycles. The van der Waals surface area contributed by atoms with Gasteiger partial charge in [-0.05, 0) is 23.5 Å². The predicted molar refractivity (Wildman–Crippen MR) is 66.0 cm³/mol. The maximum atomic E-state index is 12.4. The maximum absolute atomic E-state index is 12.4. The summed E-state index contributed by atoms with van der Waals surface area (Å²) in [6.45, 7) is 9.95. The van der Waals surface area contributed by atoms with Crippen molar-refractivity contribution in [3.05, 3.63) is 35.4 Å². The lowest BCUT2D eigenvalue weighted by Gasteiger charge is -2.17. The second kappa shape index (κ2) is 6.67. The highest BCUT2D eigenvalue weighted by Crippen LogP contribution is 2.32. The lowest BCUT2D eigenvalue weighted by molar-refractivity contribution is -0.137. The number of rotatable bonds is 2. The Labute approximate surface area is 102 Å². The van der Waals surface area contributed by atoms with Crippen LogP contribution in [-0.4, -0.2) is 0 Å². The van der Waals surface area contributed by atoms with Crippen LogP contribution in [-0.2, 0) is 6.18 Å². The third kappa shape index (κ3) is 4.80. The van der Waals surface area contributed by atoms with Crippen LogP contribution in [0.4, 0.5) is 13.2 Å². The Hall–Kier alpha value is -0.990. The number of halogens is 3. The van der Waals surface area contributed by atoms with Crippen molar-refractivity contribution in [2.24, 2.45) is 5.92 Å². The molecule has 0 aliphatic rings. The summed E-state index contributed by atoms with van der Waals surface area (Å²) < 4.78 is 37.3. The van der Waals surface area contributed by atoms with Crippen molar-refractivity contribution in [2.75, 3.05) is 0 Å². The summed E-state index contributed by atoms with van der Waals surface area (Å²) in [5.41, 5.74) is 0.187. The summed E-state index contributed by atoms with van der Waals surface area (Å²) in [5, 5.41) is 0. The van der Waals surface area contributed by atoms with Crippen LogP contribution in [0.5, 0.6) is 0 Å². The van der Waals surface area contributed by atoms with Crippen LogP contribution in [0.15, 0.2) is 24.3 Å². The van der Waals surface area contributed by atoms with Gasteiger partial charge in [0.25, 0.3) is 0 Å². The largest absolute Gasteiger partial charge is 0.416 e. The van der Waals surface area contributed by atoms with E-state index >= 15 is 0 Å². The molecule has 0 aliphatic carbocycles. The summed E-state index contributed by atoms with van der Waals surface area (Å²) in [6, 6.07) is 5.57. The Morgan fingerprint density at radius 1 is 1.00 bits per heavy atom. The van der Waals surface area contributed by atoms with Crippen molar-refractivity contribution < 1.29 is 13.2 Å². The standard InChI is InChI=1S/C12H15F3.C2H6/c1-8(2)9(3)10-5-4-6-11(7-10)12(13,14)15;1-2/h4-9H,1-3H3;1-2H3. The van der Waals surface area contributed by atoms with Gasteiger partial charge in [-0.1, -0.05) is 52.8 Å². The van der Waals surface area contributed by atoms with Gasteiger partial charge in [0.15, 0.2) is 0 Å². The maximum Gasteiger partial charge on any atom is 0.416 e. The molecule has 0 fully saturated rings. The highest BCUT2D eigenvalue weighted by Gasteiger charge is 2.30. The molecule has 0 aromatic heterocycles. The summed E-state index contributed by atoms with van der Waals surface area (Å²) in [6.07, 6.45) is -4.24. The third-order valence-corrected chi connectivity index (χ3v) is 2.74. The van der Waals surface area contributed by atoms with E-state index in [0.717, 1.165) is 11.6 Å². The zero-order chi connectivity index (χ0) is 13.6. The van der Waals surface area contributed by atoms with E-state index in [-0.39, 0.29) is 5.92 Å². The molecule has 17 heavy (non-hydrogen) atoms. The van der Waals surface area contributed by atoms with E-state index in [1.165, 1.54) is 12.1 Å². The lowest BCUT2D eigenvalue weighted by Crippen LogP contribution is -2.08. The number of hydrogen-bond acceptors (Lipinski definition) is 0. The molecule has 0 amide bonds. The molecule has 0 radical (unpaired) electrons. The van der Waals surface area contributed by atoms with E-state index < -0.39 is 11.7 Å².